The molecule has 0 aromatic carbocycles. The molecule has 0 aliphatic heterocycles. The van der Waals surface area contributed by atoms with Crippen molar-refractivity contribution >= 4 is 17.9 Å². The topological polar surface area (TPSA) is 128 Å². The van der Waals surface area contributed by atoms with E-state index in [4.69, 9.17) is 5.11 Å². The molecule has 0 saturated carbocycles. The molecule has 5 N–H and O–H groups in total. The van der Waals surface area contributed by atoms with Crippen LogP contribution in [-0.2, 0) is 9.59 Å². The smallest absolute Gasteiger partial charge is 0.315 e. The summed E-state index contributed by atoms with van der Waals surface area (Å²) < 4.78 is 0. The molecule has 122 valence electrons. The van der Waals surface area contributed by atoms with Crippen molar-refractivity contribution < 1.29 is 24.6 Å². The normalized spacial score (nSPS) is 15.5. The zero-order valence-corrected chi connectivity index (χ0v) is 13.1. The van der Waals surface area contributed by atoms with Gasteiger partial charge in [-0.3, -0.25) is 9.59 Å². The van der Waals surface area contributed by atoms with Gasteiger partial charge in [-0.05, 0) is 34.6 Å². The second kappa shape index (κ2) is 7.26. The maximum atomic E-state index is 11.8. The third kappa shape index (κ3) is 9.67. The van der Waals surface area contributed by atoms with Crippen LogP contribution in [0.2, 0.25) is 0 Å². The molecule has 8 nitrogen and oxygen atoms in total. The van der Waals surface area contributed by atoms with E-state index in [9.17, 15) is 19.5 Å². The van der Waals surface area contributed by atoms with E-state index in [2.05, 4.69) is 16.0 Å². The van der Waals surface area contributed by atoms with Crippen LogP contribution < -0.4 is 16.0 Å². The van der Waals surface area contributed by atoms with Gasteiger partial charge in [0.1, 0.15) is 6.04 Å². The van der Waals surface area contributed by atoms with Crippen LogP contribution in [0.15, 0.2) is 0 Å². The van der Waals surface area contributed by atoms with Gasteiger partial charge in [-0.15, -0.1) is 0 Å². The van der Waals surface area contributed by atoms with Gasteiger partial charge in [0, 0.05) is 12.1 Å². The van der Waals surface area contributed by atoms with Gasteiger partial charge in [0.15, 0.2) is 0 Å². The number of carbonyl (C=O) groups excluding carboxylic acids is 2. The molecular formula is C13H25N3O5. The van der Waals surface area contributed by atoms with E-state index in [-0.39, 0.29) is 12.5 Å². The number of hydrogen-bond acceptors (Lipinski definition) is 4. The Labute approximate surface area is 124 Å². The molecule has 2 unspecified atom stereocenters. The first-order valence-corrected chi connectivity index (χ1v) is 6.63. The first-order valence-electron chi connectivity index (χ1n) is 6.63. The number of carboxylic acids is 1. The molecule has 3 amide bonds. The summed E-state index contributed by atoms with van der Waals surface area (Å²) in [5, 5.41) is 25.8. The minimum atomic E-state index is -1.56. The molecule has 0 spiro atoms. The molecule has 0 aromatic rings. The third-order valence-corrected chi connectivity index (χ3v) is 2.40. The Morgan fingerprint density at radius 2 is 1.67 bits per heavy atom. The number of urea groups is 1. The second-order valence-corrected chi connectivity index (χ2v) is 6.36. The van der Waals surface area contributed by atoms with E-state index in [1.54, 1.807) is 0 Å². The van der Waals surface area contributed by atoms with E-state index in [0.29, 0.717) is 0 Å². The standard InChI is InChI=1S/C13H25N3O5/c1-8(10(19)16-12(2,3)4)15-11(20)14-7-13(5,21)6-9(17)18/h8,21H,6-7H2,1-5H3,(H,16,19)(H,17,18)(H2,14,15,20). The molecule has 2 atom stereocenters. The zero-order valence-electron chi connectivity index (χ0n) is 13.1. The van der Waals surface area contributed by atoms with Crippen LogP contribution in [0.1, 0.15) is 41.0 Å². The minimum Gasteiger partial charge on any atom is -0.481 e. The summed E-state index contributed by atoms with van der Waals surface area (Å²) in [6.07, 6.45) is -0.493. The SMILES string of the molecule is CC(NC(=O)NCC(C)(O)CC(=O)O)C(=O)NC(C)(C)C. The van der Waals surface area contributed by atoms with Crippen molar-refractivity contribution in [2.75, 3.05) is 6.54 Å². The van der Waals surface area contributed by atoms with Crippen LogP contribution in [0, 0.1) is 0 Å². The Morgan fingerprint density at radius 3 is 2.10 bits per heavy atom. The number of carbonyl (C=O) groups is 3. The van der Waals surface area contributed by atoms with Gasteiger partial charge < -0.3 is 26.2 Å². The lowest BCUT2D eigenvalue weighted by Gasteiger charge is -2.25. The van der Waals surface area contributed by atoms with Crippen molar-refractivity contribution in [2.45, 2.75) is 58.2 Å². The van der Waals surface area contributed by atoms with Crippen molar-refractivity contribution in [2.24, 2.45) is 0 Å². The number of carboxylic acid groups (broad SMARTS) is 1. The molecular weight excluding hydrogens is 278 g/mol. The maximum absolute atomic E-state index is 11.8. The Kier molecular flexibility index (Phi) is 6.62. The van der Waals surface area contributed by atoms with Crippen molar-refractivity contribution in [3.05, 3.63) is 0 Å². The highest BCUT2D eigenvalue weighted by Gasteiger charge is 2.26. The number of aliphatic hydroxyl groups is 1. The first-order chi connectivity index (χ1) is 9.32. The van der Waals surface area contributed by atoms with Gasteiger partial charge in [0.2, 0.25) is 5.91 Å². The van der Waals surface area contributed by atoms with Crippen LogP contribution in [0.5, 0.6) is 0 Å². The van der Waals surface area contributed by atoms with Crippen molar-refractivity contribution in [3.8, 4) is 0 Å². The van der Waals surface area contributed by atoms with Gasteiger partial charge in [-0.1, -0.05) is 0 Å². The van der Waals surface area contributed by atoms with E-state index in [1.807, 2.05) is 20.8 Å². The van der Waals surface area contributed by atoms with E-state index < -0.39 is 35.6 Å². The van der Waals surface area contributed by atoms with Crippen LogP contribution in [0.4, 0.5) is 4.79 Å². The predicted octanol–water partition coefficient (Wildman–Crippen LogP) is -0.185. The Morgan fingerprint density at radius 1 is 1.14 bits per heavy atom. The summed E-state index contributed by atoms with van der Waals surface area (Å²) in [6.45, 7) is 8.05. The van der Waals surface area contributed by atoms with Crippen molar-refractivity contribution in [1.29, 1.82) is 0 Å². The molecule has 0 bridgehead atoms. The molecule has 0 aliphatic carbocycles. The monoisotopic (exact) mass is 303 g/mol. The second-order valence-electron chi connectivity index (χ2n) is 6.36. The first kappa shape index (κ1) is 19.2. The highest BCUT2D eigenvalue weighted by atomic mass is 16.4. The highest BCUT2D eigenvalue weighted by molar-refractivity contribution is 5.87. The van der Waals surface area contributed by atoms with Gasteiger partial charge in [0.05, 0.1) is 12.0 Å². The molecule has 0 heterocycles. The van der Waals surface area contributed by atoms with Gasteiger partial charge in [-0.25, -0.2) is 4.79 Å². The average Bonchev–Trinajstić information content (AvgIpc) is 2.22. The fourth-order valence-electron chi connectivity index (χ4n) is 1.45. The fraction of sp³-hybridized carbons (Fsp3) is 0.769. The average molecular weight is 303 g/mol. The lowest BCUT2D eigenvalue weighted by molar-refractivity contribution is -0.141. The number of nitrogens with one attached hydrogen (secondary N) is 3. The lowest BCUT2D eigenvalue weighted by atomic mass is 10.0. The number of rotatable bonds is 6. The Hall–Kier alpha value is -1.83. The highest BCUT2D eigenvalue weighted by Crippen LogP contribution is 2.07. The van der Waals surface area contributed by atoms with Gasteiger partial charge >= 0.3 is 12.0 Å². The van der Waals surface area contributed by atoms with E-state index >= 15 is 0 Å². The number of hydrogen-bond donors (Lipinski definition) is 5. The fourth-order valence-corrected chi connectivity index (χ4v) is 1.45. The zero-order chi connectivity index (χ0) is 16.8. The summed E-state index contributed by atoms with van der Waals surface area (Å²) in [4.78, 5) is 33.9. The van der Waals surface area contributed by atoms with E-state index in [1.165, 1.54) is 13.8 Å². The molecule has 0 radical (unpaired) electrons. The summed E-state index contributed by atoms with van der Waals surface area (Å²) in [5.41, 5.74) is -1.96. The van der Waals surface area contributed by atoms with Crippen LogP contribution in [0.3, 0.4) is 0 Å². The molecule has 0 rings (SSSR count). The Bertz CT molecular complexity index is 401. The number of amides is 3. The molecule has 0 aliphatic rings. The maximum Gasteiger partial charge on any atom is 0.315 e. The van der Waals surface area contributed by atoms with Crippen molar-refractivity contribution in [3.63, 3.8) is 0 Å². The molecule has 21 heavy (non-hydrogen) atoms. The summed E-state index contributed by atoms with van der Waals surface area (Å²) >= 11 is 0. The Balaban J connectivity index is 4.26. The molecule has 0 aromatic heterocycles. The molecule has 0 saturated heterocycles. The number of aliphatic carboxylic acids is 1. The summed E-state index contributed by atoms with van der Waals surface area (Å²) in [6, 6.07) is -1.41. The lowest BCUT2D eigenvalue weighted by Crippen LogP contribution is -2.54. The third-order valence-electron chi connectivity index (χ3n) is 2.40. The van der Waals surface area contributed by atoms with Crippen LogP contribution in [-0.4, -0.2) is 51.8 Å². The molecule has 0 fully saturated rings. The summed E-state index contributed by atoms with van der Waals surface area (Å²) in [5.74, 6) is -1.50. The summed E-state index contributed by atoms with van der Waals surface area (Å²) in [7, 11) is 0. The predicted molar refractivity (Wildman–Crippen MR) is 76.8 cm³/mol. The molecule has 8 heteroatoms. The minimum absolute atomic E-state index is 0.237. The van der Waals surface area contributed by atoms with Crippen molar-refractivity contribution in [1.82, 2.24) is 16.0 Å². The van der Waals surface area contributed by atoms with Crippen LogP contribution in [0.25, 0.3) is 0 Å². The largest absolute Gasteiger partial charge is 0.481 e. The van der Waals surface area contributed by atoms with Gasteiger partial charge in [-0.2, -0.15) is 0 Å². The van der Waals surface area contributed by atoms with Crippen LogP contribution >= 0.6 is 0 Å². The quantitative estimate of drug-likeness (QED) is 0.465. The van der Waals surface area contributed by atoms with E-state index in [0.717, 1.165) is 0 Å². The van der Waals surface area contributed by atoms with Gasteiger partial charge in [0.25, 0.3) is 0 Å².